The molecule has 2 atom stereocenters. The molecule has 4 rings (SSSR count). The molecule has 0 bridgehead atoms. The van der Waals surface area contributed by atoms with Crippen LogP contribution >= 0.6 is 0 Å². The summed E-state index contributed by atoms with van der Waals surface area (Å²) in [6.45, 7) is 11.5. The third-order valence-electron chi connectivity index (χ3n) is 5.95. The predicted molar refractivity (Wildman–Crippen MR) is 139 cm³/mol. The zero-order valence-electron chi connectivity index (χ0n) is 21.5. The minimum atomic E-state index is -0.354. The van der Waals surface area contributed by atoms with E-state index >= 15 is 0 Å². The number of rotatable bonds is 6. The highest BCUT2D eigenvalue weighted by molar-refractivity contribution is 5.79. The lowest BCUT2D eigenvalue weighted by molar-refractivity contribution is -0.139. The van der Waals surface area contributed by atoms with Crippen molar-refractivity contribution in [2.45, 2.75) is 47.2 Å². The molecule has 2 aromatic carbocycles. The van der Waals surface area contributed by atoms with E-state index < -0.39 is 0 Å². The molecule has 0 saturated carbocycles. The summed E-state index contributed by atoms with van der Waals surface area (Å²) in [5.74, 6) is 0.340. The number of benzene rings is 2. The third kappa shape index (κ3) is 6.45. The van der Waals surface area contributed by atoms with Gasteiger partial charge in [-0.15, -0.1) is 0 Å². The number of hydrogen-bond acceptors (Lipinski definition) is 4. The Morgan fingerprint density at radius 3 is 2.29 bits per heavy atom. The first-order valence-electron chi connectivity index (χ1n) is 12.4. The number of carbonyl (C=O) groups is 2. The lowest BCUT2D eigenvalue weighted by Crippen LogP contribution is -2.45. The molecule has 0 aliphatic carbocycles. The zero-order chi connectivity index (χ0) is 25.4. The molecular formula is C29H37N3O3. The van der Waals surface area contributed by atoms with Crippen LogP contribution in [0.2, 0.25) is 0 Å². The monoisotopic (exact) mass is 475 g/mol. The van der Waals surface area contributed by atoms with Gasteiger partial charge in [0, 0.05) is 24.8 Å². The van der Waals surface area contributed by atoms with Crippen LogP contribution in [0.4, 0.5) is 0 Å². The molecule has 6 nitrogen and oxygen atoms in total. The highest BCUT2D eigenvalue weighted by atomic mass is 16.5. The molecule has 1 aliphatic heterocycles. The Morgan fingerprint density at radius 2 is 1.69 bits per heavy atom. The van der Waals surface area contributed by atoms with E-state index in [4.69, 9.17) is 9.72 Å². The number of carbonyl (C=O) groups excluding carboxylic acids is 2. The Bertz CT molecular complexity index is 1090. The van der Waals surface area contributed by atoms with Crippen molar-refractivity contribution in [2.24, 2.45) is 11.3 Å². The Labute approximate surface area is 208 Å². The quantitative estimate of drug-likeness (QED) is 0.449. The maximum absolute atomic E-state index is 13.1. The van der Waals surface area contributed by atoms with Crippen molar-refractivity contribution in [3.05, 3.63) is 78.2 Å². The van der Waals surface area contributed by atoms with Gasteiger partial charge >= 0.3 is 0 Å². The number of amides is 1. The third-order valence-corrected chi connectivity index (χ3v) is 5.95. The fourth-order valence-corrected chi connectivity index (χ4v) is 4.42. The molecule has 1 aromatic heterocycles. The Morgan fingerprint density at radius 1 is 1.06 bits per heavy atom. The largest absolute Gasteiger partial charge is 0.371 e. The Kier molecular flexibility index (Phi) is 8.99. The lowest BCUT2D eigenvalue weighted by Gasteiger charge is -2.39. The molecule has 1 fully saturated rings. The van der Waals surface area contributed by atoms with Crippen molar-refractivity contribution >= 4 is 12.2 Å². The van der Waals surface area contributed by atoms with E-state index in [1.54, 1.807) is 4.90 Å². The maximum Gasteiger partial charge on any atom is 0.249 e. The van der Waals surface area contributed by atoms with E-state index in [-0.39, 0.29) is 36.5 Å². The normalized spacial score (nSPS) is 17.2. The summed E-state index contributed by atoms with van der Waals surface area (Å²) in [5.41, 5.74) is 2.72. The summed E-state index contributed by atoms with van der Waals surface area (Å²) >= 11 is 0. The molecule has 1 saturated heterocycles. The topological polar surface area (TPSA) is 64.4 Å². The Hall–Kier alpha value is -3.25. The van der Waals surface area contributed by atoms with Gasteiger partial charge in [-0.2, -0.15) is 0 Å². The van der Waals surface area contributed by atoms with Crippen molar-refractivity contribution < 1.29 is 14.3 Å². The van der Waals surface area contributed by atoms with Gasteiger partial charge in [0.2, 0.25) is 5.91 Å². The summed E-state index contributed by atoms with van der Waals surface area (Å²) in [6.07, 6.45) is 2.95. The molecule has 6 heteroatoms. The summed E-state index contributed by atoms with van der Waals surface area (Å²) in [4.78, 5) is 31.6. The first-order chi connectivity index (χ1) is 16.9. The van der Waals surface area contributed by atoms with Gasteiger partial charge in [-0.3, -0.25) is 4.79 Å². The number of aldehydes is 1. The number of ether oxygens (including phenoxy) is 1. The summed E-state index contributed by atoms with van der Waals surface area (Å²) < 4.78 is 7.63. The SMILES string of the molecule is CC.CC(C)(C)C(c1nc(-c2ccccc2)cn1Cc1ccccc1)N1CC(C=O)COCC1=O. The average Bonchev–Trinajstić information content (AvgIpc) is 3.17. The number of nitrogens with zero attached hydrogens (tertiary/aromatic N) is 3. The van der Waals surface area contributed by atoms with Crippen molar-refractivity contribution in [3.63, 3.8) is 0 Å². The van der Waals surface area contributed by atoms with Crippen LogP contribution in [0, 0.1) is 11.3 Å². The number of aromatic nitrogens is 2. The van der Waals surface area contributed by atoms with Crippen molar-refractivity contribution in [3.8, 4) is 11.3 Å². The molecule has 1 amide bonds. The zero-order valence-corrected chi connectivity index (χ0v) is 21.5. The van der Waals surface area contributed by atoms with Crippen molar-refractivity contribution in [1.82, 2.24) is 14.5 Å². The van der Waals surface area contributed by atoms with E-state index in [1.165, 1.54) is 0 Å². The molecule has 0 spiro atoms. The lowest BCUT2D eigenvalue weighted by atomic mass is 9.84. The van der Waals surface area contributed by atoms with Crippen LogP contribution in [0.5, 0.6) is 0 Å². The number of imidazole rings is 1. The van der Waals surface area contributed by atoms with Crippen LogP contribution in [0.25, 0.3) is 11.3 Å². The van der Waals surface area contributed by atoms with Gasteiger partial charge in [0.25, 0.3) is 0 Å². The summed E-state index contributed by atoms with van der Waals surface area (Å²) in [7, 11) is 0. The fourth-order valence-electron chi connectivity index (χ4n) is 4.42. The van der Waals surface area contributed by atoms with Crippen molar-refractivity contribution in [1.29, 1.82) is 0 Å². The van der Waals surface area contributed by atoms with E-state index in [2.05, 4.69) is 43.7 Å². The molecule has 2 heterocycles. The molecule has 0 radical (unpaired) electrons. The van der Waals surface area contributed by atoms with Gasteiger partial charge in [0.15, 0.2) is 0 Å². The van der Waals surface area contributed by atoms with Crippen LogP contribution in [0.15, 0.2) is 66.9 Å². The molecule has 186 valence electrons. The summed E-state index contributed by atoms with van der Waals surface area (Å²) in [5, 5.41) is 0. The van der Waals surface area contributed by atoms with Crippen LogP contribution in [0.1, 0.15) is 52.0 Å². The van der Waals surface area contributed by atoms with Gasteiger partial charge in [0.05, 0.1) is 24.3 Å². The predicted octanol–water partition coefficient (Wildman–Crippen LogP) is 5.39. The van der Waals surface area contributed by atoms with Crippen LogP contribution < -0.4 is 0 Å². The van der Waals surface area contributed by atoms with Gasteiger partial charge in [-0.05, 0) is 11.0 Å². The van der Waals surface area contributed by atoms with Gasteiger partial charge in [0.1, 0.15) is 18.7 Å². The molecular weight excluding hydrogens is 438 g/mol. The van der Waals surface area contributed by atoms with E-state index in [0.717, 1.165) is 28.9 Å². The van der Waals surface area contributed by atoms with E-state index in [9.17, 15) is 9.59 Å². The highest BCUT2D eigenvalue weighted by Crippen LogP contribution is 2.39. The van der Waals surface area contributed by atoms with Crippen LogP contribution in [-0.4, -0.2) is 46.4 Å². The average molecular weight is 476 g/mol. The van der Waals surface area contributed by atoms with Gasteiger partial charge < -0.3 is 19.0 Å². The Balaban J connectivity index is 0.00000167. The number of hydrogen-bond donors (Lipinski definition) is 0. The standard InChI is InChI=1S/C27H31N3O3.C2H6/c1-27(2,3)25(30-15-21(17-31)18-33-19-24(30)32)26-28-23(22-12-8-5-9-13-22)16-29(26)14-20-10-6-4-7-11-20;1-2/h4-13,16-17,21,25H,14-15,18-19H2,1-3H3;1-2H3. The first kappa shape index (κ1) is 26.4. The molecule has 0 N–H and O–H groups in total. The molecule has 3 aromatic rings. The van der Waals surface area contributed by atoms with Crippen LogP contribution in [0.3, 0.4) is 0 Å². The van der Waals surface area contributed by atoms with Gasteiger partial charge in [-0.25, -0.2) is 4.98 Å². The second kappa shape index (κ2) is 11.9. The minimum absolute atomic E-state index is 0.0259. The fraction of sp³-hybridized carbons (Fsp3) is 0.414. The van der Waals surface area contributed by atoms with E-state index in [1.807, 2.05) is 62.4 Å². The second-order valence-electron chi connectivity index (χ2n) is 9.69. The molecule has 35 heavy (non-hydrogen) atoms. The minimum Gasteiger partial charge on any atom is -0.371 e. The summed E-state index contributed by atoms with van der Waals surface area (Å²) in [6, 6.07) is 20.0. The molecule has 2 unspecified atom stereocenters. The van der Waals surface area contributed by atoms with Gasteiger partial charge in [-0.1, -0.05) is 95.3 Å². The second-order valence-corrected chi connectivity index (χ2v) is 9.69. The molecule has 1 aliphatic rings. The van der Waals surface area contributed by atoms with Crippen LogP contribution in [-0.2, 0) is 20.9 Å². The highest BCUT2D eigenvalue weighted by Gasteiger charge is 2.40. The van der Waals surface area contributed by atoms with E-state index in [0.29, 0.717) is 13.1 Å². The van der Waals surface area contributed by atoms with Crippen molar-refractivity contribution in [2.75, 3.05) is 19.8 Å². The first-order valence-corrected chi connectivity index (χ1v) is 12.4. The maximum atomic E-state index is 13.1. The smallest absolute Gasteiger partial charge is 0.249 e.